The van der Waals surface area contributed by atoms with Crippen LogP contribution in [0.1, 0.15) is 62.0 Å². The molecular weight excluding hydrogens is 320 g/mol. The van der Waals surface area contributed by atoms with Gasteiger partial charge in [-0.05, 0) is 31.6 Å². The summed E-state index contributed by atoms with van der Waals surface area (Å²) in [6.45, 7) is 3.90. The van der Waals surface area contributed by atoms with E-state index < -0.39 is 5.41 Å². The molecule has 136 valence electrons. The molecule has 4 rings (SSSR count). The highest BCUT2D eigenvalue weighted by molar-refractivity contribution is 5.87. The molecule has 2 unspecified atom stereocenters. The Hall–Kier alpha value is -1.73. The molecule has 0 radical (unpaired) electrons. The predicted molar refractivity (Wildman–Crippen MR) is 91.6 cm³/mol. The second-order valence-electron chi connectivity index (χ2n) is 7.55. The van der Waals surface area contributed by atoms with Gasteiger partial charge in [-0.25, -0.2) is 10.8 Å². The van der Waals surface area contributed by atoms with Crippen LogP contribution in [0.4, 0.5) is 0 Å². The van der Waals surface area contributed by atoms with Gasteiger partial charge in [0.1, 0.15) is 5.69 Å². The average Bonchev–Trinajstić information content (AvgIpc) is 3.53. The van der Waals surface area contributed by atoms with Gasteiger partial charge in [0.25, 0.3) is 5.56 Å². The van der Waals surface area contributed by atoms with E-state index in [4.69, 9.17) is 10.6 Å². The zero-order chi connectivity index (χ0) is 17.6. The van der Waals surface area contributed by atoms with Crippen LogP contribution in [0.3, 0.4) is 0 Å². The van der Waals surface area contributed by atoms with Crippen LogP contribution in [0, 0.1) is 11.3 Å². The summed E-state index contributed by atoms with van der Waals surface area (Å²) < 4.78 is 7.44. The molecular formula is C18H26N4O3. The number of amides is 1. The highest BCUT2D eigenvalue weighted by Gasteiger charge is 2.68. The number of hydrazine groups is 1. The SMILES string of the molecule is CCCCn1c2c(nc(C3CC3(C(=O)NN)C3CC3)c1=O)COCC2. The van der Waals surface area contributed by atoms with Gasteiger partial charge in [-0.1, -0.05) is 13.3 Å². The first-order valence-corrected chi connectivity index (χ1v) is 9.34. The Morgan fingerprint density at radius 1 is 1.48 bits per heavy atom. The summed E-state index contributed by atoms with van der Waals surface area (Å²) in [6.07, 6.45) is 5.45. The lowest BCUT2D eigenvalue weighted by Gasteiger charge is -2.22. The molecule has 1 aromatic rings. The van der Waals surface area contributed by atoms with Crippen molar-refractivity contribution in [3.8, 4) is 0 Å². The van der Waals surface area contributed by atoms with E-state index >= 15 is 0 Å². The molecule has 2 heterocycles. The van der Waals surface area contributed by atoms with Crippen LogP contribution in [0.25, 0.3) is 0 Å². The van der Waals surface area contributed by atoms with Crippen molar-refractivity contribution >= 4 is 5.91 Å². The molecule has 3 N–H and O–H groups in total. The van der Waals surface area contributed by atoms with Gasteiger partial charge in [-0.15, -0.1) is 0 Å². The zero-order valence-corrected chi connectivity index (χ0v) is 14.7. The Morgan fingerprint density at radius 2 is 2.28 bits per heavy atom. The summed E-state index contributed by atoms with van der Waals surface area (Å²) in [4.78, 5) is 30.3. The molecule has 1 aliphatic heterocycles. The molecule has 2 aliphatic carbocycles. The molecule has 0 spiro atoms. The van der Waals surface area contributed by atoms with Crippen LogP contribution in [0.2, 0.25) is 0 Å². The fourth-order valence-corrected chi connectivity index (χ4v) is 4.43. The van der Waals surface area contributed by atoms with Crippen molar-refractivity contribution in [1.82, 2.24) is 15.0 Å². The summed E-state index contributed by atoms with van der Waals surface area (Å²) in [7, 11) is 0. The number of nitrogens with one attached hydrogen (secondary N) is 1. The number of hydrogen-bond acceptors (Lipinski definition) is 5. The molecule has 2 fully saturated rings. The third kappa shape index (κ3) is 2.60. The van der Waals surface area contributed by atoms with Crippen molar-refractivity contribution in [3.05, 3.63) is 27.4 Å². The van der Waals surface area contributed by atoms with Crippen LogP contribution in [0.5, 0.6) is 0 Å². The van der Waals surface area contributed by atoms with E-state index in [2.05, 4.69) is 17.3 Å². The number of rotatable bonds is 6. The van der Waals surface area contributed by atoms with E-state index in [1.807, 2.05) is 4.57 Å². The number of nitrogens with zero attached hydrogens (tertiary/aromatic N) is 2. The Bertz CT molecular complexity index is 755. The van der Waals surface area contributed by atoms with Gasteiger partial charge in [0, 0.05) is 24.6 Å². The van der Waals surface area contributed by atoms with E-state index in [9.17, 15) is 9.59 Å². The van der Waals surface area contributed by atoms with Gasteiger partial charge in [-0.3, -0.25) is 15.0 Å². The number of unbranched alkanes of at least 4 members (excludes halogenated alkanes) is 1. The summed E-state index contributed by atoms with van der Waals surface area (Å²) in [5.41, 5.74) is 4.19. The van der Waals surface area contributed by atoms with Crippen molar-refractivity contribution in [2.45, 2.75) is 64.5 Å². The highest BCUT2D eigenvalue weighted by Crippen LogP contribution is 2.69. The van der Waals surface area contributed by atoms with Gasteiger partial charge in [0.2, 0.25) is 5.91 Å². The first-order valence-electron chi connectivity index (χ1n) is 9.34. The third-order valence-corrected chi connectivity index (χ3v) is 6.03. The predicted octanol–water partition coefficient (Wildman–Crippen LogP) is 0.990. The monoisotopic (exact) mass is 346 g/mol. The molecule has 2 atom stereocenters. The number of nitrogens with two attached hydrogens (primary N) is 1. The minimum absolute atomic E-state index is 0.0218. The van der Waals surface area contributed by atoms with Crippen LogP contribution in [0.15, 0.2) is 4.79 Å². The van der Waals surface area contributed by atoms with Crippen molar-refractivity contribution < 1.29 is 9.53 Å². The van der Waals surface area contributed by atoms with Crippen molar-refractivity contribution in [2.75, 3.05) is 6.61 Å². The van der Waals surface area contributed by atoms with E-state index in [1.54, 1.807) is 0 Å². The van der Waals surface area contributed by atoms with Gasteiger partial charge in [0.15, 0.2) is 0 Å². The molecule has 1 amide bonds. The topological polar surface area (TPSA) is 99.2 Å². The van der Waals surface area contributed by atoms with Crippen LogP contribution in [-0.2, 0) is 29.1 Å². The number of carbonyl (C=O) groups excluding carboxylic acids is 1. The average molecular weight is 346 g/mol. The molecule has 2 saturated carbocycles. The Kier molecular flexibility index (Phi) is 4.16. The maximum absolute atomic E-state index is 13.2. The second kappa shape index (κ2) is 6.21. The number of fused-ring (bicyclic) bond motifs is 1. The van der Waals surface area contributed by atoms with Gasteiger partial charge in [0.05, 0.1) is 24.3 Å². The highest BCUT2D eigenvalue weighted by atomic mass is 16.5. The summed E-state index contributed by atoms with van der Waals surface area (Å²) in [5.74, 6) is 5.50. The van der Waals surface area contributed by atoms with E-state index in [1.165, 1.54) is 0 Å². The van der Waals surface area contributed by atoms with Gasteiger partial charge >= 0.3 is 0 Å². The molecule has 0 saturated heterocycles. The van der Waals surface area contributed by atoms with E-state index in [-0.39, 0.29) is 17.4 Å². The molecule has 7 heteroatoms. The molecule has 25 heavy (non-hydrogen) atoms. The molecule has 3 aliphatic rings. The van der Waals surface area contributed by atoms with Crippen LogP contribution < -0.4 is 16.8 Å². The molecule has 0 bridgehead atoms. The quantitative estimate of drug-likeness (QED) is 0.455. The normalized spacial score (nSPS) is 27.7. The fraction of sp³-hybridized carbons (Fsp3) is 0.722. The van der Waals surface area contributed by atoms with Crippen LogP contribution in [-0.4, -0.2) is 22.1 Å². The minimum Gasteiger partial charge on any atom is -0.375 e. The standard InChI is InChI=1S/C18H26N4O3/c1-2-3-7-22-14-6-8-25-10-13(14)20-15(16(22)23)12-9-18(12,11-4-5-11)17(24)21-19/h11-12H,2-10,19H2,1H3,(H,21,24). The lowest BCUT2D eigenvalue weighted by atomic mass is 9.94. The Labute approximate surface area is 146 Å². The summed E-state index contributed by atoms with van der Waals surface area (Å²) in [6, 6.07) is 0. The van der Waals surface area contributed by atoms with Crippen molar-refractivity contribution in [1.29, 1.82) is 0 Å². The van der Waals surface area contributed by atoms with Crippen molar-refractivity contribution in [3.63, 3.8) is 0 Å². The number of ether oxygens (including phenoxy) is 1. The number of hydrogen-bond donors (Lipinski definition) is 2. The van der Waals surface area contributed by atoms with Crippen molar-refractivity contribution in [2.24, 2.45) is 17.2 Å². The maximum Gasteiger partial charge on any atom is 0.272 e. The fourth-order valence-electron chi connectivity index (χ4n) is 4.43. The zero-order valence-electron chi connectivity index (χ0n) is 14.7. The largest absolute Gasteiger partial charge is 0.375 e. The first kappa shape index (κ1) is 16.7. The summed E-state index contributed by atoms with van der Waals surface area (Å²) in [5, 5.41) is 0. The molecule has 0 aromatic carbocycles. The smallest absolute Gasteiger partial charge is 0.272 e. The van der Waals surface area contributed by atoms with Gasteiger partial charge < -0.3 is 9.30 Å². The minimum atomic E-state index is -0.521. The second-order valence-corrected chi connectivity index (χ2v) is 7.55. The molecule has 1 aromatic heterocycles. The third-order valence-electron chi connectivity index (χ3n) is 6.03. The lowest BCUT2D eigenvalue weighted by molar-refractivity contribution is -0.127. The summed E-state index contributed by atoms with van der Waals surface area (Å²) >= 11 is 0. The number of carbonyl (C=O) groups is 1. The molecule has 7 nitrogen and oxygen atoms in total. The van der Waals surface area contributed by atoms with Gasteiger partial charge in [-0.2, -0.15) is 0 Å². The number of aromatic nitrogens is 2. The van der Waals surface area contributed by atoms with E-state index in [0.717, 1.165) is 43.5 Å². The van der Waals surface area contributed by atoms with E-state index in [0.29, 0.717) is 37.8 Å². The first-order chi connectivity index (χ1) is 12.1. The Balaban J connectivity index is 1.75. The maximum atomic E-state index is 13.2. The Morgan fingerprint density at radius 3 is 2.96 bits per heavy atom. The van der Waals surface area contributed by atoms with Crippen LogP contribution >= 0.6 is 0 Å². The lowest BCUT2D eigenvalue weighted by Crippen LogP contribution is -2.40.